The number of rotatable bonds is 4. The molecule has 7 nitrogen and oxygen atoms in total. The highest BCUT2D eigenvalue weighted by atomic mass is 35.5. The van der Waals surface area contributed by atoms with Crippen molar-refractivity contribution in [1.82, 2.24) is 4.90 Å². The largest absolute Gasteiger partial charge is 0.490 e. The van der Waals surface area contributed by atoms with Gasteiger partial charge in [0.2, 0.25) is 0 Å². The summed E-state index contributed by atoms with van der Waals surface area (Å²) in [6.45, 7) is 3.18. The van der Waals surface area contributed by atoms with Crippen LogP contribution in [0.2, 0.25) is 10.0 Å². The minimum atomic E-state index is -1.66. The van der Waals surface area contributed by atoms with Crippen LogP contribution >= 0.6 is 23.2 Å². The van der Waals surface area contributed by atoms with Gasteiger partial charge in [0.25, 0.3) is 0 Å². The number of hydrogen-bond acceptors (Lipinski definition) is 7. The van der Waals surface area contributed by atoms with E-state index in [9.17, 15) is 9.59 Å². The van der Waals surface area contributed by atoms with Gasteiger partial charge in [0.05, 0.1) is 11.6 Å². The number of carbonyl (C=O) groups is 2. The molecule has 0 aliphatic carbocycles. The van der Waals surface area contributed by atoms with Crippen molar-refractivity contribution in [3.05, 3.63) is 28.2 Å². The van der Waals surface area contributed by atoms with Crippen molar-refractivity contribution in [2.75, 3.05) is 26.3 Å². The van der Waals surface area contributed by atoms with Gasteiger partial charge in [0.1, 0.15) is 23.9 Å². The minimum Gasteiger partial charge on any atom is -0.490 e. The summed E-state index contributed by atoms with van der Waals surface area (Å²) in [6.07, 6.45) is 0. The highest BCUT2D eigenvalue weighted by Gasteiger charge is 2.53. The van der Waals surface area contributed by atoms with Gasteiger partial charge in [-0.2, -0.15) is 0 Å². The number of ether oxygens (including phenoxy) is 4. The second kappa shape index (κ2) is 6.76. The molecule has 0 N–H and O–H groups in total. The smallest absolute Gasteiger partial charge is 0.422 e. The fraction of sp³-hybridized carbons (Fsp3) is 0.467. The summed E-state index contributed by atoms with van der Waals surface area (Å²) in [5.74, 6) is -3.27. The lowest BCUT2D eigenvalue weighted by Crippen LogP contribution is -2.56. The normalized spacial score (nSPS) is 21.5. The Bertz CT molecular complexity index is 651. The van der Waals surface area contributed by atoms with Crippen molar-refractivity contribution >= 4 is 35.1 Å². The van der Waals surface area contributed by atoms with Crippen LogP contribution < -0.4 is 4.74 Å². The standard InChI is InChI=1S/C15H15Cl2NO6/c1-9(7-21-11-4-2-3-10(16)12(11)17)18-5-6-22-15(8-18)23-13(19)14(20)24-15/h2-4,9H,5-8H2,1H3. The highest BCUT2D eigenvalue weighted by Crippen LogP contribution is 2.32. The molecule has 2 aliphatic heterocycles. The van der Waals surface area contributed by atoms with Crippen molar-refractivity contribution in [3.63, 3.8) is 0 Å². The van der Waals surface area contributed by atoms with Gasteiger partial charge >= 0.3 is 17.9 Å². The van der Waals surface area contributed by atoms with E-state index >= 15 is 0 Å². The first-order valence-corrected chi connectivity index (χ1v) is 8.07. The van der Waals surface area contributed by atoms with E-state index in [1.807, 2.05) is 11.8 Å². The van der Waals surface area contributed by atoms with Crippen LogP contribution in [0.3, 0.4) is 0 Å². The summed E-state index contributed by atoms with van der Waals surface area (Å²) in [6, 6.07) is 5.07. The van der Waals surface area contributed by atoms with E-state index in [2.05, 4.69) is 0 Å². The van der Waals surface area contributed by atoms with Gasteiger partial charge in [-0.05, 0) is 19.1 Å². The molecule has 9 heteroatoms. The average Bonchev–Trinajstić information content (AvgIpc) is 2.82. The third-order valence-electron chi connectivity index (χ3n) is 3.78. The average molecular weight is 376 g/mol. The van der Waals surface area contributed by atoms with Crippen LogP contribution in [-0.4, -0.2) is 55.2 Å². The quantitative estimate of drug-likeness (QED) is 0.587. The molecule has 3 rings (SSSR count). The van der Waals surface area contributed by atoms with E-state index in [-0.39, 0.29) is 19.2 Å². The minimum absolute atomic E-state index is 0.0705. The van der Waals surface area contributed by atoms with E-state index in [4.69, 9.17) is 42.1 Å². The Hall–Kier alpha value is -1.54. The van der Waals surface area contributed by atoms with Gasteiger partial charge in [0.15, 0.2) is 0 Å². The molecular formula is C15H15Cl2NO6. The third-order valence-corrected chi connectivity index (χ3v) is 4.58. The van der Waals surface area contributed by atoms with Crippen LogP contribution in [0.5, 0.6) is 5.75 Å². The molecule has 0 radical (unpaired) electrons. The number of esters is 2. The van der Waals surface area contributed by atoms with Gasteiger partial charge in [-0.1, -0.05) is 29.3 Å². The predicted octanol–water partition coefficient (Wildman–Crippen LogP) is 1.85. The van der Waals surface area contributed by atoms with E-state index < -0.39 is 17.9 Å². The third kappa shape index (κ3) is 3.44. The molecule has 0 aromatic heterocycles. The molecule has 0 saturated carbocycles. The fourth-order valence-corrected chi connectivity index (χ4v) is 2.84. The zero-order valence-corrected chi connectivity index (χ0v) is 14.3. The Morgan fingerprint density at radius 3 is 2.71 bits per heavy atom. The molecule has 2 aliphatic rings. The lowest BCUT2D eigenvalue weighted by Gasteiger charge is -2.39. The summed E-state index contributed by atoms with van der Waals surface area (Å²) in [5, 5.41) is 0.764. The monoisotopic (exact) mass is 375 g/mol. The molecule has 1 aromatic carbocycles. The zero-order chi connectivity index (χ0) is 17.3. The molecule has 0 bridgehead atoms. The number of morpholine rings is 1. The van der Waals surface area contributed by atoms with Crippen molar-refractivity contribution < 1.29 is 28.5 Å². The van der Waals surface area contributed by atoms with Crippen LogP contribution in [0, 0.1) is 0 Å². The summed E-state index contributed by atoms with van der Waals surface area (Å²) >= 11 is 12.0. The van der Waals surface area contributed by atoms with E-state index in [0.29, 0.717) is 28.9 Å². The second-order valence-electron chi connectivity index (χ2n) is 5.49. The second-order valence-corrected chi connectivity index (χ2v) is 6.28. The molecule has 1 spiro atoms. The summed E-state index contributed by atoms with van der Waals surface area (Å²) in [7, 11) is 0. The van der Waals surface area contributed by atoms with E-state index in [1.54, 1.807) is 18.2 Å². The highest BCUT2D eigenvalue weighted by molar-refractivity contribution is 6.42. The first-order valence-electron chi connectivity index (χ1n) is 7.31. The summed E-state index contributed by atoms with van der Waals surface area (Å²) in [4.78, 5) is 24.5. The van der Waals surface area contributed by atoms with Gasteiger partial charge in [-0.15, -0.1) is 0 Å². The maximum absolute atomic E-state index is 11.3. The number of nitrogens with zero attached hydrogens (tertiary/aromatic N) is 1. The molecule has 2 heterocycles. The lowest BCUT2D eigenvalue weighted by atomic mass is 10.2. The first kappa shape index (κ1) is 17.3. The van der Waals surface area contributed by atoms with Crippen LogP contribution in [0.15, 0.2) is 18.2 Å². The number of carbonyl (C=O) groups excluding carboxylic acids is 2. The van der Waals surface area contributed by atoms with Crippen LogP contribution in [0.25, 0.3) is 0 Å². The van der Waals surface area contributed by atoms with Crippen molar-refractivity contribution in [3.8, 4) is 5.75 Å². The van der Waals surface area contributed by atoms with Crippen LogP contribution in [-0.2, 0) is 23.8 Å². The number of benzene rings is 1. The Balaban J connectivity index is 1.61. The summed E-state index contributed by atoms with van der Waals surface area (Å²) in [5.41, 5.74) is 0. The van der Waals surface area contributed by atoms with Crippen LogP contribution in [0.1, 0.15) is 6.92 Å². The van der Waals surface area contributed by atoms with Crippen molar-refractivity contribution in [1.29, 1.82) is 0 Å². The Labute approximate surface area is 148 Å². The maximum atomic E-state index is 11.3. The van der Waals surface area contributed by atoms with Gasteiger partial charge in [0, 0.05) is 12.6 Å². The number of halogens is 2. The lowest BCUT2D eigenvalue weighted by molar-refractivity contribution is -0.341. The SMILES string of the molecule is CC(COc1cccc(Cl)c1Cl)N1CCOC2(C1)OC(=O)C(=O)O2. The molecule has 2 fully saturated rings. The maximum Gasteiger partial charge on any atom is 0.422 e. The van der Waals surface area contributed by atoms with Gasteiger partial charge in [-0.3, -0.25) is 4.90 Å². The van der Waals surface area contributed by atoms with E-state index in [1.165, 1.54) is 0 Å². The molecule has 1 unspecified atom stereocenters. The topological polar surface area (TPSA) is 74.3 Å². The Morgan fingerprint density at radius 1 is 1.29 bits per heavy atom. The Morgan fingerprint density at radius 2 is 2.00 bits per heavy atom. The van der Waals surface area contributed by atoms with E-state index in [0.717, 1.165) is 0 Å². The first-order chi connectivity index (χ1) is 11.4. The molecule has 0 amide bonds. The fourth-order valence-electron chi connectivity index (χ4n) is 2.49. The Kier molecular flexibility index (Phi) is 4.87. The molecule has 1 atom stereocenters. The molecule has 1 aromatic rings. The molecule has 130 valence electrons. The van der Waals surface area contributed by atoms with Crippen molar-refractivity contribution in [2.24, 2.45) is 0 Å². The van der Waals surface area contributed by atoms with Gasteiger partial charge < -0.3 is 18.9 Å². The van der Waals surface area contributed by atoms with Gasteiger partial charge in [-0.25, -0.2) is 9.59 Å². The number of hydrogen-bond donors (Lipinski definition) is 0. The predicted molar refractivity (Wildman–Crippen MR) is 83.9 cm³/mol. The molecule has 2 saturated heterocycles. The summed E-state index contributed by atoms with van der Waals surface area (Å²) < 4.78 is 20.9. The van der Waals surface area contributed by atoms with Crippen LogP contribution in [0.4, 0.5) is 0 Å². The molecule has 24 heavy (non-hydrogen) atoms. The molecular weight excluding hydrogens is 361 g/mol. The van der Waals surface area contributed by atoms with Crippen molar-refractivity contribution in [2.45, 2.75) is 18.9 Å². The zero-order valence-electron chi connectivity index (χ0n) is 12.8.